The highest BCUT2D eigenvalue weighted by molar-refractivity contribution is 7.13. The van der Waals surface area contributed by atoms with Crippen LogP contribution in [-0.2, 0) is 9.59 Å². The molecule has 1 N–H and O–H groups in total. The van der Waals surface area contributed by atoms with Crippen molar-refractivity contribution >= 4 is 23.7 Å². The summed E-state index contributed by atoms with van der Waals surface area (Å²) in [5, 5.41) is 10.5. The first-order valence-electron chi connectivity index (χ1n) is 11.7. The lowest BCUT2D eigenvalue weighted by molar-refractivity contribution is -0.137. The van der Waals surface area contributed by atoms with Crippen molar-refractivity contribution in [1.82, 2.24) is 30.2 Å². The molecular weight excluding hydrogens is 448 g/mol. The molecule has 3 aromatic rings. The lowest BCUT2D eigenvalue weighted by Gasteiger charge is -2.28. The Labute approximate surface area is 205 Å². The van der Waals surface area contributed by atoms with E-state index in [1.54, 1.807) is 28.4 Å². The molecule has 1 aliphatic rings. The summed E-state index contributed by atoms with van der Waals surface area (Å²) < 4.78 is 1.68. The van der Waals surface area contributed by atoms with Crippen LogP contribution in [0.5, 0.6) is 0 Å². The van der Waals surface area contributed by atoms with E-state index in [-0.39, 0.29) is 23.9 Å². The van der Waals surface area contributed by atoms with E-state index < -0.39 is 0 Å². The number of aryl methyl sites for hydroxylation is 1. The lowest BCUT2D eigenvalue weighted by Crippen LogP contribution is -2.41. The molecule has 2 amide bonds. The molecule has 34 heavy (non-hydrogen) atoms. The van der Waals surface area contributed by atoms with Gasteiger partial charge in [0.1, 0.15) is 6.04 Å². The maximum absolute atomic E-state index is 12.5. The summed E-state index contributed by atoms with van der Waals surface area (Å²) in [7, 11) is 0. The van der Waals surface area contributed by atoms with Crippen molar-refractivity contribution < 1.29 is 9.59 Å². The number of hydrogen-bond acceptors (Lipinski definition) is 6. The molecule has 2 aromatic heterocycles. The minimum absolute atomic E-state index is 0.0455. The van der Waals surface area contributed by atoms with E-state index in [1.807, 2.05) is 50.2 Å². The monoisotopic (exact) mass is 482 g/mol. The number of hydrogen-bond donors (Lipinski definition) is 1. The largest absolute Gasteiger partial charge is 0.352 e. The number of thiazole rings is 1. The number of rotatable bonds is 7. The molecule has 1 aliphatic heterocycles. The molecule has 0 aliphatic carbocycles. The summed E-state index contributed by atoms with van der Waals surface area (Å²) >= 11 is 1.64. The van der Waals surface area contributed by atoms with Gasteiger partial charge in [-0.05, 0) is 50.7 Å². The third-order valence-corrected chi connectivity index (χ3v) is 7.16. The molecule has 8 nitrogen and oxygen atoms in total. The molecule has 3 unspecified atom stereocenters. The van der Waals surface area contributed by atoms with Crippen molar-refractivity contribution in [2.24, 2.45) is 5.92 Å². The molecule has 1 fully saturated rings. The van der Waals surface area contributed by atoms with E-state index in [9.17, 15) is 9.59 Å². The number of nitrogens with zero attached hydrogens (tertiary/aromatic N) is 5. The molecule has 0 saturated carbocycles. The van der Waals surface area contributed by atoms with Crippen molar-refractivity contribution in [3.05, 3.63) is 53.4 Å². The fourth-order valence-electron chi connectivity index (χ4n) is 4.20. The number of aromatic nitrogens is 4. The van der Waals surface area contributed by atoms with Crippen LogP contribution >= 0.6 is 11.3 Å². The second-order valence-corrected chi connectivity index (χ2v) is 9.84. The van der Waals surface area contributed by atoms with E-state index >= 15 is 0 Å². The zero-order chi connectivity index (χ0) is 24.7. The van der Waals surface area contributed by atoms with Gasteiger partial charge in [-0.15, -0.1) is 16.4 Å². The molecule has 9 heteroatoms. The Balaban J connectivity index is 0.000000191. The predicted octanol–water partition coefficient (Wildman–Crippen LogP) is 4.41. The zero-order valence-electron chi connectivity index (χ0n) is 20.5. The minimum atomic E-state index is -0.224. The van der Waals surface area contributed by atoms with E-state index in [1.165, 1.54) is 10.4 Å². The zero-order valence-corrected chi connectivity index (χ0v) is 21.3. The molecule has 3 atom stereocenters. The fourth-order valence-corrected chi connectivity index (χ4v) is 5.01. The van der Waals surface area contributed by atoms with Crippen LogP contribution < -0.4 is 5.32 Å². The van der Waals surface area contributed by atoms with Gasteiger partial charge in [0.05, 0.1) is 28.3 Å². The number of carbonyl (C=O) groups excluding carboxylic acids is 2. The van der Waals surface area contributed by atoms with Gasteiger partial charge in [-0.3, -0.25) is 9.59 Å². The van der Waals surface area contributed by atoms with Crippen LogP contribution in [0.15, 0.2) is 42.2 Å². The molecule has 0 spiro atoms. The Hall–Kier alpha value is -3.07. The Morgan fingerprint density at radius 2 is 1.97 bits per heavy atom. The van der Waals surface area contributed by atoms with Gasteiger partial charge in [0.25, 0.3) is 0 Å². The summed E-state index contributed by atoms with van der Waals surface area (Å²) in [4.78, 5) is 30.3. The number of nitrogens with one attached hydrogen (secondary N) is 1. The molecule has 0 radical (unpaired) electrons. The second-order valence-electron chi connectivity index (χ2n) is 8.99. The van der Waals surface area contributed by atoms with Crippen molar-refractivity contribution in [2.45, 2.75) is 65.6 Å². The Morgan fingerprint density at radius 1 is 1.24 bits per heavy atom. The highest BCUT2D eigenvalue weighted by atomic mass is 32.1. The molecular formula is C25H34N6O2S. The topological polar surface area (TPSA) is 93.0 Å². The third kappa shape index (κ3) is 6.08. The summed E-state index contributed by atoms with van der Waals surface area (Å²) in [6, 6.07) is 8.39. The van der Waals surface area contributed by atoms with E-state index in [2.05, 4.69) is 39.7 Å². The third-order valence-electron chi connectivity index (χ3n) is 6.18. The van der Waals surface area contributed by atoms with Crippen LogP contribution in [0, 0.1) is 12.8 Å². The number of carbonyl (C=O) groups is 2. The molecule has 1 saturated heterocycles. The van der Waals surface area contributed by atoms with Crippen LogP contribution in [0.2, 0.25) is 0 Å². The molecule has 4 rings (SSSR count). The van der Waals surface area contributed by atoms with E-state index in [4.69, 9.17) is 0 Å². The Kier molecular flexibility index (Phi) is 8.92. The van der Waals surface area contributed by atoms with E-state index in [0.717, 1.165) is 37.1 Å². The SMILES string of the molecule is CC(C)C(C(=O)N1CCCC1C)n1ccnn1.Cc1ncsc1-c1ccc(C(C)NC=O)cc1. The average Bonchev–Trinajstić information content (AvgIpc) is 3.57. The first-order valence-corrected chi connectivity index (χ1v) is 12.6. The number of likely N-dealkylation sites (tertiary alicyclic amines) is 1. The van der Waals surface area contributed by atoms with Crippen LogP contribution in [0.4, 0.5) is 0 Å². The second kappa shape index (κ2) is 11.9. The van der Waals surface area contributed by atoms with Gasteiger partial charge >= 0.3 is 0 Å². The smallest absolute Gasteiger partial charge is 0.248 e. The van der Waals surface area contributed by atoms with Gasteiger partial charge in [0.15, 0.2) is 0 Å². The first-order chi connectivity index (χ1) is 16.3. The quantitative estimate of drug-likeness (QED) is 0.504. The number of benzene rings is 1. The van der Waals surface area contributed by atoms with Crippen molar-refractivity contribution in [3.8, 4) is 10.4 Å². The molecule has 182 valence electrons. The van der Waals surface area contributed by atoms with Crippen molar-refractivity contribution in [3.63, 3.8) is 0 Å². The summed E-state index contributed by atoms with van der Waals surface area (Å²) in [6.07, 6.45) is 6.33. The van der Waals surface area contributed by atoms with Gasteiger partial charge in [-0.25, -0.2) is 9.67 Å². The van der Waals surface area contributed by atoms with Gasteiger partial charge in [-0.2, -0.15) is 0 Å². The first kappa shape index (κ1) is 25.6. The van der Waals surface area contributed by atoms with Gasteiger partial charge in [0, 0.05) is 18.8 Å². The van der Waals surface area contributed by atoms with Crippen LogP contribution in [0.3, 0.4) is 0 Å². The highest BCUT2D eigenvalue weighted by Crippen LogP contribution is 2.28. The van der Waals surface area contributed by atoms with E-state index in [0.29, 0.717) is 6.04 Å². The highest BCUT2D eigenvalue weighted by Gasteiger charge is 2.33. The van der Waals surface area contributed by atoms with Crippen LogP contribution in [0.1, 0.15) is 63.9 Å². The molecule has 0 bridgehead atoms. The summed E-state index contributed by atoms with van der Waals surface area (Å²) in [5.74, 6) is 0.396. The standard InChI is InChI=1S/C13H14N2OS.C12H20N4O/c1-9(14-7-16)11-3-5-12(6-4-11)13-10(2)15-8-17-13;1-9(2)11(16-8-6-13-14-16)12(17)15-7-4-5-10(15)3/h3-9H,1-2H3,(H,14,16);6,8-11H,4-5,7H2,1-3H3. The van der Waals surface area contributed by atoms with Gasteiger partial charge in [0.2, 0.25) is 12.3 Å². The Bertz CT molecular complexity index is 1050. The predicted molar refractivity (Wildman–Crippen MR) is 134 cm³/mol. The lowest BCUT2D eigenvalue weighted by atomic mass is 10.0. The van der Waals surface area contributed by atoms with Crippen molar-refractivity contribution in [1.29, 1.82) is 0 Å². The fraction of sp³-hybridized carbons (Fsp3) is 0.480. The van der Waals surface area contributed by atoms with Gasteiger partial charge in [-0.1, -0.05) is 43.3 Å². The maximum atomic E-state index is 12.5. The van der Waals surface area contributed by atoms with Gasteiger partial charge < -0.3 is 10.2 Å². The molecule has 3 heterocycles. The molecule has 1 aromatic carbocycles. The van der Waals surface area contributed by atoms with Crippen molar-refractivity contribution in [2.75, 3.05) is 6.54 Å². The van der Waals surface area contributed by atoms with Crippen LogP contribution in [0.25, 0.3) is 10.4 Å². The maximum Gasteiger partial charge on any atom is 0.248 e. The summed E-state index contributed by atoms with van der Waals surface area (Å²) in [6.45, 7) is 11.1. The number of amides is 2. The normalized spacial score (nSPS) is 17.1. The average molecular weight is 483 g/mol. The summed E-state index contributed by atoms with van der Waals surface area (Å²) in [5.41, 5.74) is 5.19. The van der Waals surface area contributed by atoms with Crippen LogP contribution in [-0.4, -0.2) is 49.8 Å². The minimum Gasteiger partial charge on any atom is -0.352 e. The Morgan fingerprint density at radius 3 is 2.47 bits per heavy atom.